The normalized spacial score (nSPS) is 12.7. The second-order valence-electron chi connectivity index (χ2n) is 21.0. The number of allylic oxidation sites excluding steroid dienone is 3. The van der Waals surface area contributed by atoms with Gasteiger partial charge in [0, 0.05) is 12.8 Å². The Morgan fingerprint density at radius 2 is 0.691 bits per heavy atom. The van der Waals surface area contributed by atoms with Crippen molar-refractivity contribution in [2.75, 3.05) is 13.2 Å². The molecule has 6 nitrogen and oxygen atoms in total. The van der Waals surface area contributed by atoms with E-state index < -0.39 is 12.1 Å². The summed E-state index contributed by atoms with van der Waals surface area (Å²) in [6.45, 7) is 4.88. The van der Waals surface area contributed by atoms with Crippen LogP contribution in [0.4, 0.5) is 0 Å². The summed E-state index contributed by atoms with van der Waals surface area (Å²) in [6, 6.07) is -0.641. The number of carbonyl (C=O) groups is 2. The monoisotopic (exact) mass is 958 g/mol. The highest BCUT2D eigenvalue weighted by Crippen LogP contribution is 2.17. The lowest BCUT2D eigenvalue weighted by molar-refractivity contribution is -0.143. The molecule has 3 N–H and O–H groups in total. The number of ether oxygens (including phenoxy) is 1. The van der Waals surface area contributed by atoms with Crippen molar-refractivity contribution < 1.29 is 24.5 Å². The van der Waals surface area contributed by atoms with Gasteiger partial charge in [-0.05, 0) is 57.8 Å². The summed E-state index contributed by atoms with van der Waals surface area (Å²) in [5.74, 6) is -0.0990. The second-order valence-corrected chi connectivity index (χ2v) is 21.0. The number of hydrogen-bond donors (Lipinski definition) is 3. The minimum atomic E-state index is -0.856. The number of esters is 1. The predicted octanol–water partition coefficient (Wildman–Crippen LogP) is 19.0. The van der Waals surface area contributed by atoms with Gasteiger partial charge in [-0.25, -0.2) is 0 Å². The van der Waals surface area contributed by atoms with Gasteiger partial charge in [0.1, 0.15) is 0 Å². The summed E-state index contributed by atoms with van der Waals surface area (Å²) >= 11 is 0. The van der Waals surface area contributed by atoms with Crippen LogP contribution in [-0.2, 0) is 14.3 Å². The largest absolute Gasteiger partial charge is 0.466 e. The summed E-state index contributed by atoms with van der Waals surface area (Å²) in [6.07, 6.45) is 70.6. The molecule has 0 bridgehead atoms. The van der Waals surface area contributed by atoms with Gasteiger partial charge in [-0.3, -0.25) is 9.59 Å². The first-order valence-electron chi connectivity index (χ1n) is 30.6. The fourth-order valence-electron chi connectivity index (χ4n) is 9.51. The number of carbonyl (C=O) groups excluding carboxylic acids is 2. The van der Waals surface area contributed by atoms with Crippen molar-refractivity contribution in [3.63, 3.8) is 0 Å². The third-order valence-corrected chi connectivity index (χ3v) is 14.2. The van der Waals surface area contributed by atoms with E-state index in [2.05, 4.69) is 31.3 Å². The molecule has 0 aliphatic carbocycles. The molecule has 0 rings (SSSR count). The molecule has 0 radical (unpaired) electrons. The summed E-state index contributed by atoms with van der Waals surface area (Å²) in [4.78, 5) is 24.5. The maximum absolute atomic E-state index is 12.5. The van der Waals surface area contributed by atoms with E-state index in [0.29, 0.717) is 19.4 Å². The lowest BCUT2D eigenvalue weighted by atomic mass is 10.0. The molecule has 402 valence electrons. The van der Waals surface area contributed by atoms with Crippen LogP contribution in [0, 0.1) is 0 Å². The Bertz CT molecular complexity index is 1060. The van der Waals surface area contributed by atoms with Crippen LogP contribution >= 0.6 is 0 Å². The molecule has 1 amide bonds. The molecule has 0 saturated heterocycles. The number of rotatable bonds is 57. The standard InChI is InChI=1S/C62H119NO5/c1-3-5-7-9-11-13-15-17-19-20-21-22-23-24-25-26-27-28-29-30-34-38-42-46-50-54-60(65)59(58-64)63-61(66)55-51-47-43-39-35-32-33-37-41-45-49-53-57-68-62(67)56-52-48-44-40-36-31-18-16-14-12-10-8-6-4-2/h16,18,50,54,59-60,64-65H,3-15,17,19-49,51-53,55-58H2,1-2H3,(H,63,66)/b18-16-,54-50+. The lowest BCUT2D eigenvalue weighted by Gasteiger charge is -2.20. The molecule has 0 fully saturated rings. The van der Waals surface area contributed by atoms with E-state index in [1.54, 1.807) is 6.08 Å². The smallest absolute Gasteiger partial charge is 0.305 e. The molecule has 68 heavy (non-hydrogen) atoms. The molecule has 0 heterocycles. The summed E-state index contributed by atoms with van der Waals surface area (Å²) in [5, 5.41) is 23.2. The van der Waals surface area contributed by atoms with Gasteiger partial charge >= 0.3 is 5.97 Å². The highest BCUT2D eigenvalue weighted by atomic mass is 16.5. The molecule has 2 unspecified atom stereocenters. The quantitative estimate of drug-likeness (QED) is 0.0321. The molecule has 0 aromatic heterocycles. The molecule has 2 atom stereocenters. The van der Waals surface area contributed by atoms with E-state index in [1.807, 2.05) is 6.08 Å². The third kappa shape index (κ3) is 53.7. The molecular weight excluding hydrogens is 839 g/mol. The molecule has 0 aliphatic heterocycles. The zero-order valence-corrected chi connectivity index (χ0v) is 45.9. The molecule has 0 saturated carbocycles. The van der Waals surface area contributed by atoms with Crippen LogP contribution in [0.2, 0.25) is 0 Å². The van der Waals surface area contributed by atoms with Crippen LogP contribution < -0.4 is 5.32 Å². The average molecular weight is 959 g/mol. The van der Waals surface area contributed by atoms with E-state index >= 15 is 0 Å². The first-order valence-corrected chi connectivity index (χ1v) is 30.6. The third-order valence-electron chi connectivity index (χ3n) is 14.2. The average Bonchev–Trinajstić information content (AvgIpc) is 3.34. The summed E-state index contributed by atoms with van der Waals surface area (Å²) in [5.41, 5.74) is 0. The predicted molar refractivity (Wildman–Crippen MR) is 296 cm³/mol. The van der Waals surface area contributed by atoms with Crippen LogP contribution in [0.5, 0.6) is 0 Å². The number of aliphatic hydroxyl groups excluding tert-OH is 2. The highest BCUT2D eigenvalue weighted by Gasteiger charge is 2.18. The van der Waals surface area contributed by atoms with Crippen LogP contribution in [0.15, 0.2) is 24.3 Å². The molecular formula is C62H119NO5. The van der Waals surface area contributed by atoms with E-state index in [0.717, 1.165) is 57.8 Å². The van der Waals surface area contributed by atoms with Crippen LogP contribution in [0.25, 0.3) is 0 Å². The topological polar surface area (TPSA) is 95.9 Å². The number of aliphatic hydroxyl groups is 2. The van der Waals surface area contributed by atoms with Crippen molar-refractivity contribution >= 4 is 11.9 Å². The maximum atomic E-state index is 12.5. The van der Waals surface area contributed by atoms with Crippen molar-refractivity contribution in [1.82, 2.24) is 5.32 Å². The Kier molecular flexibility index (Phi) is 56.5. The zero-order chi connectivity index (χ0) is 49.3. The van der Waals surface area contributed by atoms with Gasteiger partial charge in [0.05, 0.1) is 25.4 Å². The SMILES string of the molecule is CCCCCCC/C=C\CCCCCCCC(=O)OCCCCCCCCCCCCCCC(=O)NC(CO)C(O)/C=C/CCCCCCCCCCCCCCCCCCCCCCCCC. The van der Waals surface area contributed by atoms with Gasteiger partial charge < -0.3 is 20.3 Å². The molecule has 6 heteroatoms. The summed E-state index contributed by atoms with van der Waals surface area (Å²) in [7, 11) is 0. The number of hydrogen-bond acceptors (Lipinski definition) is 5. The van der Waals surface area contributed by atoms with Crippen molar-refractivity contribution in [2.45, 2.75) is 347 Å². The van der Waals surface area contributed by atoms with Gasteiger partial charge in [0.25, 0.3) is 0 Å². The number of unbranched alkanes of at least 4 members (excludes halogenated alkanes) is 44. The van der Waals surface area contributed by atoms with Gasteiger partial charge in [-0.15, -0.1) is 0 Å². The molecule has 0 aromatic carbocycles. The second kappa shape index (κ2) is 57.9. The zero-order valence-electron chi connectivity index (χ0n) is 45.9. The summed E-state index contributed by atoms with van der Waals surface area (Å²) < 4.78 is 5.46. The van der Waals surface area contributed by atoms with E-state index in [4.69, 9.17) is 4.74 Å². The van der Waals surface area contributed by atoms with E-state index in [9.17, 15) is 19.8 Å². The first-order chi connectivity index (χ1) is 33.5. The highest BCUT2D eigenvalue weighted by molar-refractivity contribution is 5.76. The molecule has 0 aliphatic rings. The van der Waals surface area contributed by atoms with Crippen LogP contribution in [0.1, 0.15) is 335 Å². The fourth-order valence-corrected chi connectivity index (χ4v) is 9.51. The van der Waals surface area contributed by atoms with Gasteiger partial charge in [0.2, 0.25) is 5.91 Å². The minimum absolute atomic E-state index is 0.0185. The van der Waals surface area contributed by atoms with E-state index in [1.165, 1.54) is 250 Å². The van der Waals surface area contributed by atoms with Crippen LogP contribution in [-0.4, -0.2) is 47.4 Å². The van der Waals surface area contributed by atoms with Gasteiger partial charge in [-0.2, -0.15) is 0 Å². The molecule has 0 aromatic rings. The Labute approximate surface area is 424 Å². The van der Waals surface area contributed by atoms with Gasteiger partial charge in [0.15, 0.2) is 0 Å². The first kappa shape index (κ1) is 66.3. The minimum Gasteiger partial charge on any atom is -0.466 e. The Hall–Kier alpha value is -1.66. The fraction of sp³-hybridized carbons (Fsp3) is 0.903. The lowest BCUT2D eigenvalue weighted by Crippen LogP contribution is -2.45. The Morgan fingerprint density at radius 1 is 0.397 bits per heavy atom. The maximum Gasteiger partial charge on any atom is 0.305 e. The van der Waals surface area contributed by atoms with Crippen LogP contribution in [0.3, 0.4) is 0 Å². The van der Waals surface area contributed by atoms with Crippen molar-refractivity contribution in [3.05, 3.63) is 24.3 Å². The van der Waals surface area contributed by atoms with Gasteiger partial charge in [-0.1, -0.05) is 289 Å². The van der Waals surface area contributed by atoms with Crippen molar-refractivity contribution in [3.8, 4) is 0 Å². The van der Waals surface area contributed by atoms with Crippen molar-refractivity contribution in [1.29, 1.82) is 0 Å². The Morgan fingerprint density at radius 3 is 1.04 bits per heavy atom. The number of nitrogens with one attached hydrogen (secondary N) is 1. The number of amides is 1. The molecule has 0 spiro atoms. The van der Waals surface area contributed by atoms with Crippen molar-refractivity contribution in [2.24, 2.45) is 0 Å². The van der Waals surface area contributed by atoms with E-state index in [-0.39, 0.29) is 18.5 Å². The Balaban J connectivity index is 3.48.